The Morgan fingerprint density at radius 2 is 1.61 bits per heavy atom. The van der Waals surface area contributed by atoms with Crippen molar-refractivity contribution in [3.63, 3.8) is 0 Å². The maximum absolute atomic E-state index is 12.2. The van der Waals surface area contributed by atoms with Gasteiger partial charge in [0, 0.05) is 6.04 Å². The fourth-order valence-electron chi connectivity index (χ4n) is 1.50. The molecular formula is C13H18F3NO. The molecule has 0 amide bonds. The molecule has 1 aromatic carbocycles. The van der Waals surface area contributed by atoms with Crippen LogP contribution in [0.2, 0.25) is 0 Å². The molecule has 0 aromatic heterocycles. The molecule has 18 heavy (non-hydrogen) atoms. The molecule has 2 nitrogen and oxygen atoms in total. The summed E-state index contributed by atoms with van der Waals surface area (Å²) in [6.45, 7) is 5.70. The van der Waals surface area contributed by atoms with E-state index in [1.807, 2.05) is 20.8 Å². The monoisotopic (exact) mass is 261 g/mol. The Morgan fingerprint density at radius 1 is 1.11 bits per heavy atom. The summed E-state index contributed by atoms with van der Waals surface area (Å²) >= 11 is 0. The van der Waals surface area contributed by atoms with Gasteiger partial charge in [-0.25, -0.2) is 0 Å². The van der Waals surface area contributed by atoms with Gasteiger partial charge in [-0.15, -0.1) is 0 Å². The van der Waals surface area contributed by atoms with Crippen LogP contribution in [0.1, 0.15) is 38.8 Å². The van der Waals surface area contributed by atoms with E-state index in [0.29, 0.717) is 11.3 Å². The predicted molar refractivity (Wildman–Crippen MR) is 64.4 cm³/mol. The minimum atomic E-state index is -4.25. The van der Waals surface area contributed by atoms with Gasteiger partial charge in [0.15, 0.2) is 0 Å². The van der Waals surface area contributed by atoms with Crippen LogP contribution in [-0.2, 0) is 0 Å². The molecule has 1 atom stereocenters. The smallest absolute Gasteiger partial charge is 0.390 e. The lowest BCUT2D eigenvalue weighted by molar-refractivity contribution is -0.138. The first-order chi connectivity index (χ1) is 8.07. The van der Waals surface area contributed by atoms with Crippen molar-refractivity contribution in [3.05, 3.63) is 29.8 Å². The maximum Gasteiger partial charge on any atom is 0.390 e. The van der Waals surface area contributed by atoms with Gasteiger partial charge >= 0.3 is 6.18 Å². The highest BCUT2D eigenvalue weighted by molar-refractivity contribution is 5.29. The van der Waals surface area contributed by atoms with Crippen molar-refractivity contribution in [2.45, 2.75) is 45.0 Å². The third-order valence-corrected chi connectivity index (χ3v) is 2.18. The largest absolute Gasteiger partial charge is 0.488 e. The third kappa shape index (κ3) is 5.40. The average molecular weight is 261 g/mol. The molecule has 0 aliphatic heterocycles. The average Bonchev–Trinajstić information content (AvgIpc) is 2.13. The Kier molecular flexibility index (Phi) is 4.27. The fraction of sp³-hybridized carbons (Fsp3) is 0.538. The minimum absolute atomic E-state index is 0.338. The Hall–Kier alpha value is -1.23. The molecule has 0 fully saturated rings. The second kappa shape index (κ2) is 5.18. The quantitative estimate of drug-likeness (QED) is 0.897. The van der Waals surface area contributed by atoms with Crippen molar-refractivity contribution in [2.24, 2.45) is 5.73 Å². The van der Waals surface area contributed by atoms with E-state index >= 15 is 0 Å². The molecule has 102 valence electrons. The van der Waals surface area contributed by atoms with Gasteiger partial charge in [-0.05, 0) is 38.5 Å². The Balaban J connectivity index is 2.71. The number of rotatable bonds is 3. The number of nitrogens with two attached hydrogens (primary N) is 1. The van der Waals surface area contributed by atoms with Crippen molar-refractivity contribution >= 4 is 0 Å². The highest BCUT2D eigenvalue weighted by Crippen LogP contribution is 2.29. The Bertz CT molecular complexity index is 379. The second-order valence-electron chi connectivity index (χ2n) is 5.21. The first-order valence-electron chi connectivity index (χ1n) is 5.68. The van der Waals surface area contributed by atoms with Crippen molar-refractivity contribution < 1.29 is 17.9 Å². The van der Waals surface area contributed by atoms with Gasteiger partial charge in [0.2, 0.25) is 0 Å². The highest BCUT2D eigenvalue weighted by Gasteiger charge is 2.30. The van der Waals surface area contributed by atoms with Crippen LogP contribution >= 0.6 is 0 Å². The third-order valence-electron chi connectivity index (χ3n) is 2.18. The van der Waals surface area contributed by atoms with E-state index in [1.54, 1.807) is 24.3 Å². The molecule has 0 radical (unpaired) electrons. The Morgan fingerprint density at radius 3 is 2.00 bits per heavy atom. The van der Waals surface area contributed by atoms with Gasteiger partial charge in [0.1, 0.15) is 11.4 Å². The number of hydrogen-bond acceptors (Lipinski definition) is 2. The van der Waals surface area contributed by atoms with Crippen LogP contribution in [0.5, 0.6) is 5.75 Å². The standard InChI is InChI=1S/C13H18F3NO/c1-12(2,3)18-10-6-4-9(5-7-10)11(17)8-13(14,15)16/h4-7,11H,8,17H2,1-3H3/t11-/m1/s1. The zero-order valence-corrected chi connectivity index (χ0v) is 10.7. The van der Waals surface area contributed by atoms with Crippen molar-refractivity contribution in [1.82, 2.24) is 0 Å². The molecule has 0 heterocycles. The summed E-state index contributed by atoms with van der Waals surface area (Å²) in [5, 5.41) is 0. The molecule has 2 N–H and O–H groups in total. The molecule has 0 aliphatic carbocycles. The van der Waals surface area contributed by atoms with Crippen LogP contribution in [0.15, 0.2) is 24.3 Å². The van der Waals surface area contributed by atoms with E-state index < -0.39 is 18.6 Å². The zero-order valence-electron chi connectivity index (χ0n) is 10.7. The Labute approximate surface area is 105 Å². The zero-order chi connectivity index (χ0) is 14.0. The summed E-state index contributed by atoms with van der Waals surface area (Å²) in [6, 6.07) is 5.37. The number of halogens is 3. The summed E-state index contributed by atoms with van der Waals surface area (Å²) in [5.74, 6) is 0.616. The van der Waals surface area contributed by atoms with E-state index in [9.17, 15) is 13.2 Å². The lowest BCUT2D eigenvalue weighted by Gasteiger charge is -2.22. The summed E-state index contributed by atoms with van der Waals surface area (Å²) < 4.78 is 42.1. The van der Waals surface area contributed by atoms with E-state index in [0.717, 1.165) is 0 Å². The molecule has 5 heteroatoms. The molecule has 0 saturated carbocycles. The molecule has 0 aliphatic rings. The molecule has 1 aromatic rings. The summed E-state index contributed by atoms with van der Waals surface area (Å²) in [4.78, 5) is 0. The summed E-state index contributed by atoms with van der Waals surface area (Å²) in [6.07, 6.45) is -5.27. The molecule has 0 bridgehead atoms. The van der Waals surface area contributed by atoms with Crippen LogP contribution in [0, 0.1) is 0 Å². The maximum atomic E-state index is 12.2. The topological polar surface area (TPSA) is 35.2 Å². The summed E-state index contributed by atoms with van der Waals surface area (Å²) in [7, 11) is 0. The normalized spacial score (nSPS) is 14.4. The minimum Gasteiger partial charge on any atom is -0.488 e. The van der Waals surface area contributed by atoms with E-state index in [4.69, 9.17) is 10.5 Å². The first kappa shape index (κ1) is 14.8. The lowest BCUT2D eigenvalue weighted by atomic mass is 10.0. The first-order valence-corrected chi connectivity index (χ1v) is 5.68. The molecule has 0 spiro atoms. The summed E-state index contributed by atoms with van der Waals surface area (Å²) in [5.41, 5.74) is 5.61. The van der Waals surface area contributed by atoms with Gasteiger partial charge in [0.05, 0.1) is 6.42 Å². The molecule has 0 saturated heterocycles. The molecule has 1 rings (SSSR count). The SMILES string of the molecule is CC(C)(C)Oc1ccc([C@H](N)CC(F)(F)F)cc1. The van der Waals surface area contributed by atoms with E-state index in [1.165, 1.54) is 0 Å². The van der Waals surface area contributed by atoms with Gasteiger partial charge in [-0.2, -0.15) is 13.2 Å². The van der Waals surface area contributed by atoms with Gasteiger partial charge in [-0.1, -0.05) is 12.1 Å². The van der Waals surface area contributed by atoms with Crippen LogP contribution in [-0.4, -0.2) is 11.8 Å². The predicted octanol–water partition coefficient (Wildman–Crippen LogP) is 3.82. The van der Waals surface area contributed by atoms with Gasteiger partial charge in [0.25, 0.3) is 0 Å². The van der Waals surface area contributed by atoms with Crippen molar-refractivity contribution in [3.8, 4) is 5.75 Å². The van der Waals surface area contributed by atoms with Crippen molar-refractivity contribution in [1.29, 1.82) is 0 Å². The highest BCUT2D eigenvalue weighted by atomic mass is 19.4. The number of benzene rings is 1. The van der Waals surface area contributed by atoms with Crippen molar-refractivity contribution in [2.75, 3.05) is 0 Å². The van der Waals surface area contributed by atoms with E-state index in [2.05, 4.69) is 0 Å². The van der Waals surface area contributed by atoms with Crippen LogP contribution in [0.25, 0.3) is 0 Å². The number of hydrogen-bond donors (Lipinski definition) is 1. The fourth-order valence-corrected chi connectivity index (χ4v) is 1.50. The second-order valence-corrected chi connectivity index (χ2v) is 5.21. The van der Waals surface area contributed by atoms with Crippen LogP contribution in [0.4, 0.5) is 13.2 Å². The van der Waals surface area contributed by atoms with Crippen LogP contribution < -0.4 is 10.5 Å². The van der Waals surface area contributed by atoms with E-state index in [-0.39, 0.29) is 5.60 Å². The van der Waals surface area contributed by atoms with Crippen LogP contribution in [0.3, 0.4) is 0 Å². The number of alkyl halides is 3. The molecule has 0 unspecified atom stereocenters. The van der Waals surface area contributed by atoms with Gasteiger partial charge in [-0.3, -0.25) is 0 Å². The molecular weight excluding hydrogens is 243 g/mol. The number of ether oxygens (including phenoxy) is 1. The van der Waals surface area contributed by atoms with Gasteiger partial charge < -0.3 is 10.5 Å². The lowest BCUT2D eigenvalue weighted by Crippen LogP contribution is -2.23.